The summed E-state index contributed by atoms with van der Waals surface area (Å²) in [5.41, 5.74) is 2.57. The van der Waals surface area contributed by atoms with E-state index in [0.717, 1.165) is 36.8 Å². The van der Waals surface area contributed by atoms with Gasteiger partial charge >= 0.3 is 11.9 Å². The van der Waals surface area contributed by atoms with Crippen LogP contribution < -0.4 is 0 Å². The highest BCUT2D eigenvalue weighted by Crippen LogP contribution is 2.05. The first-order valence-corrected chi connectivity index (χ1v) is 9.98. The summed E-state index contributed by atoms with van der Waals surface area (Å²) in [5, 5.41) is 0. The van der Waals surface area contributed by atoms with Gasteiger partial charge in [-0.3, -0.25) is 0 Å². The van der Waals surface area contributed by atoms with Crippen molar-refractivity contribution in [1.82, 2.24) is 0 Å². The lowest BCUT2D eigenvalue weighted by Gasteiger charge is -1.97. The van der Waals surface area contributed by atoms with Crippen molar-refractivity contribution in [1.29, 1.82) is 0 Å². The molecule has 0 aromatic heterocycles. The molecule has 0 fully saturated rings. The predicted molar refractivity (Wildman–Crippen MR) is 123 cm³/mol. The molecule has 2 aromatic rings. The molecule has 158 valence electrons. The third-order valence-corrected chi connectivity index (χ3v) is 4.18. The molecule has 4 nitrogen and oxygen atoms in total. The molecule has 0 heterocycles. The molecule has 0 spiro atoms. The van der Waals surface area contributed by atoms with Gasteiger partial charge in [-0.25, -0.2) is 9.59 Å². The monoisotopic (exact) mass is 422 g/mol. The van der Waals surface area contributed by atoms with Crippen LogP contribution in [-0.4, -0.2) is 26.2 Å². The number of hydrogen-bond acceptors (Lipinski definition) is 4. The molecule has 0 saturated heterocycles. The molecule has 0 amide bonds. The number of carbonyl (C=O) groups is 2. The van der Waals surface area contributed by atoms with Gasteiger partial charge in [0, 0.05) is 24.0 Å². The van der Waals surface area contributed by atoms with Crippen molar-refractivity contribution in [2.75, 3.05) is 14.2 Å². The number of esters is 2. The second-order valence-corrected chi connectivity index (χ2v) is 6.45. The van der Waals surface area contributed by atoms with Crippen molar-refractivity contribution in [2.24, 2.45) is 0 Å². The van der Waals surface area contributed by atoms with E-state index in [-0.39, 0.29) is 11.9 Å². The largest absolute Gasteiger partial charge is 0.465 e. The van der Waals surface area contributed by atoms with Crippen LogP contribution in [0.3, 0.4) is 0 Å². The molecule has 0 radical (unpaired) electrons. The van der Waals surface area contributed by atoms with Gasteiger partial charge in [-0.1, -0.05) is 23.7 Å². The van der Waals surface area contributed by atoms with Gasteiger partial charge in [-0.05, 0) is 85.1 Å². The highest BCUT2D eigenvalue weighted by molar-refractivity contribution is 5.89. The van der Waals surface area contributed by atoms with Crippen molar-refractivity contribution >= 4 is 11.9 Å². The fourth-order valence-corrected chi connectivity index (χ4v) is 2.46. The Morgan fingerprint density at radius 3 is 1.34 bits per heavy atom. The molecule has 0 unspecified atom stereocenters. The van der Waals surface area contributed by atoms with Gasteiger partial charge in [0.2, 0.25) is 0 Å². The topological polar surface area (TPSA) is 52.6 Å². The van der Waals surface area contributed by atoms with E-state index in [1.165, 1.54) is 14.2 Å². The molecular weight excluding hydrogens is 400 g/mol. The number of carbonyl (C=O) groups excluding carboxylic acids is 2. The maximum Gasteiger partial charge on any atom is 0.337 e. The highest BCUT2D eigenvalue weighted by atomic mass is 16.5. The molecule has 0 atom stereocenters. The Kier molecular flexibility index (Phi) is 10.3. The van der Waals surface area contributed by atoms with Crippen LogP contribution in [0.4, 0.5) is 0 Å². The maximum atomic E-state index is 11.4. The van der Waals surface area contributed by atoms with Gasteiger partial charge < -0.3 is 9.47 Å². The first kappa shape index (κ1) is 23.9. The molecule has 2 rings (SSSR count). The molecule has 0 aliphatic rings. The standard InChI is InChI=1S/C28H22O4/c1-31-27(29)25-19-15-23(16-20-25)13-11-9-7-5-3-4-6-8-10-12-14-24-17-21-26(22-18-24)28(30)32-2/h15-22H,3-6H2,1-2H3. The minimum absolute atomic E-state index is 0.368. The summed E-state index contributed by atoms with van der Waals surface area (Å²) in [6, 6.07) is 13.8. The Morgan fingerprint density at radius 1 is 0.625 bits per heavy atom. The summed E-state index contributed by atoms with van der Waals surface area (Å²) < 4.78 is 9.31. The first-order valence-electron chi connectivity index (χ1n) is 9.98. The molecule has 4 heteroatoms. The van der Waals surface area contributed by atoms with E-state index in [1.807, 2.05) is 0 Å². The minimum Gasteiger partial charge on any atom is -0.465 e. The number of rotatable bonds is 5. The summed E-state index contributed by atoms with van der Waals surface area (Å²) in [4.78, 5) is 22.7. The summed E-state index contributed by atoms with van der Waals surface area (Å²) in [5.74, 6) is 22.5. The van der Waals surface area contributed by atoms with Crippen LogP contribution in [0.2, 0.25) is 0 Å². The highest BCUT2D eigenvalue weighted by Gasteiger charge is 2.03. The SMILES string of the molecule is COC(=O)c1ccc(C#CC#CCCCCC#CC#Cc2ccc(C(=O)OC)cc2)cc1. The lowest BCUT2D eigenvalue weighted by molar-refractivity contribution is 0.0592. The fourth-order valence-electron chi connectivity index (χ4n) is 2.46. The number of ether oxygens (including phenoxy) is 2. The maximum absolute atomic E-state index is 11.4. The van der Waals surface area contributed by atoms with Gasteiger partial charge in [0.15, 0.2) is 0 Å². The lowest BCUT2D eigenvalue weighted by Crippen LogP contribution is -2.00. The molecule has 0 aliphatic heterocycles. The molecule has 0 bridgehead atoms. The van der Waals surface area contributed by atoms with Gasteiger partial charge in [0.25, 0.3) is 0 Å². The quantitative estimate of drug-likeness (QED) is 0.411. The van der Waals surface area contributed by atoms with Gasteiger partial charge in [0.05, 0.1) is 25.3 Å². The van der Waals surface area contributed by atoms with Crippen molar-refractivity contribution in [3.05, 3.63) is 70.8 Å². The van der Waals surface area contributed by atoms with E-state index in [9.17, 15) is 9.59 Å². The summed E-state index contributed by atoms with van der Waals surface area (Å²) in [7, 11) is 2.70. The molecule has 0 aliphatic carbocycles. The Hall–Kier alpha value is -4.38. The van der Waals surface area contributed by atoms with Crippen LogP contribution in [0, 0.1) is 47.4 Å². The number of hydrogen-bond donors (Lipinski definition) is 0. The number of benzene rings is 2. The van der Waals surface area contributed by atoms with Crippen LogP contribution in [0.5, 0.6) is 0 Å². The van der Waals surface area contributed by atoms with Crippen LogP contribution in [-0.2, 0) is 9.47 Å². The van der Waals surface area contributed by atoms with Gasteiger partial charge in [0.1, 0.15) is 0 Å². The van der Waals surface area contributed by atoms with E-state index >= 15 is 0 Å². The third-order valence-electron chi connectivity index (χ3n) is 4.18. The Labute approximate surface area is 189 Å². The Balaban J connectivity index is 1.66. The van der Waals surface area contributed by atoms with Crippen LogP contribution in [0.15, 0.2) is 48.5 Å². The van der Waals surface area contributed by atoms with Crippen molar-refractivity contribution in [3.63, 3.8) is 0 Å². The fraction of sp³-hybridized carbons (Fsp3) is 0.214. The zero-order valence-electron chi connectivity index (χ0n) is 18.1. The first-order chi connectivity index (χ1) is 15.6. The van der Waals surface area contributed by atoms with Crippen molar-refractivity contribution in [2.45, 2.75) is 25.7 Å². The molecule has 2 aromatic carbocycles. The smallest absolute Gasteiger partial charge is 0.337 e. The lowest BCUT2D eigenvalue weighted by atomic mass is 10.1. The van der Waals surface area contributed by atoms with E-state index < -0.39 is 0 Å². The van der Waals surface area contributed by atoms with Crippen LogP contribution in [0.25, 0.3) is 0 Å². The van der Waals surface area contributed by atoms with E-state index in [2.05, 4.69) is 56.8 Å². The third kappa shape index (κ3) is 8.55. The van der Waals surface area contributed by atoms with E-state index in [0.29, 0.717) is 11.1 Å². The summed E-state index contributed by atoms with van der Waals surface area (Å²) in [6.45, 7) is 0. The summed E-state index contributed by atoms with van der Waals surface area (Å²) in [6.07, 6.45) is 3.41. The zero-order chi connectivity index (χ0) is 23.0. The molecule has 0 N–H and O–H groups in total. The molecule has 0 saturated carbocycles. The molecular formula is C28H22O4. The average Bonchev–Trinajstić information content (AvgIpc) is 2.84. The Bertz CT molecular complexity index is 1080. The van der Waals surface area contributed by atoms with Crippen molar-refractivity contribution < 1.29 is 19.1 Å². The molecule has 32 heavy (non-hydrogen) atoms. The number of methoxy groups -OCH3 is 2. The van der Waals surface area contributed by atoms with Crippen LogP contribution >= 0.6 is 0 Å². The predicted octanol–water partition coefficient (Wildman–Crippen LogP) is 4.23. The van der Waals surface area contributed by atoms with E-state index in [1.54, 1.807) is 48.5 Å². The van der Waals surface area contributed by atoms with E-state index in [4.69, 9.17) is 0 Å². The van der Waals surface area contributed by atoms with Gasteiger partial charge in [-0.15, -0.1) is 0 Å². The minimum atomic E-state index is -0.368. The zero-order valence-corrected chi connectivity index (χ0v) is 18.1. The number of unbranched alkanes of at least 4 members (excludes halogenated alkanes) is 3. The normalized spacial score (nSPS) is 8.69. The second kappa shape index (κ2) is 13.8. The second-order valence-electron chi connectivity index (χ2n) is 6.45. The Morgan fingerprint density at radius 2 is 1.00 bits per heavy atom. The summed E-state index contributed by atoms with van der Waals surface area (Å²) >= 11 is 0. The average molecular weight is 422 g/mol. The van der Waals surface area contributed by atoms with Gasteiger partial charge in [-0.2, -0.15) is 0 Å². The van der Waals surface area contributed by atoms with Crippen LogP contribution in [0.1, 0.15) is 57.5 Å². The van der Waals surface area contributed by atoms with Crippen molar-refractivity contribution in [3.8, 4) is 47.4 Å².